The number of nitrogens with one attached hydrogen (secondary N) is 3. The van der Waals surface area contributed by atoms with Gasteiger partial charge in [-0.2, -0.15) is 0 Å². The van der Waals surface area contributed by atoms with Gasteiger partial charge in [0.05, 0.1) is 6.42 Å². The number of rotatable bonds is 15. The van der Waals surface area contributed by atoms with Gasteiger partial charge >= 0.3 is 12.1 Å². The molecule has 0 saturated carbocycles. The summed E-state index contributed by atoms with van der Waals surface area (Å²) in [6, 6.07) is 18.7. The van der Waals surface area contributed by atoms with E-state index in [0.717, 1.165) is 11.1 Å². The first-order valence-electron chi connectivity index (χ1n) is 18.2. The van der Waals surface area contributed by atoms with Gasteiger partial charge < -0.3 is 35.4 Å². The predicted molar refractivity (Wildman–Crippen MR) is 206 cm³/mol. The summed E-state index contributed by atoms with van der Waals surface area (Å²) in [4.78, 5) is 65.4. The molecule has 13 heteroatoms. The summed E-state index contributed by atoms with van der Waals surface area (Å²) < 4.78 is 11.4. The Hall–Kier alpha value is -5.10. The molecule has 54 heavy (non-hydrogen) atoms. The topological polar surface area (TPSA) is 163 Å². The lowest BCUT2D eigenvalue weighted by Crippen LogP contribution is -2.53. The van der Waals surface area contributed by atoms with Gasteiger partial charge in [-0.3, -0.25) is 14.4 Å². The number of para-hydroxylation sites is 1. The van der Waals surface area contributed by atoms with Crippen LogP contribution < -0.4 is 25.4 Å². The lowest BCUT2D eigenvalue weighted by atomic mass is 9.86. The number of amides is 4. The molecule has 3 aromatic carbocycles. The van der Waals surface area contributed by atoms with Crippen LogP contribution in [0.3, 0.4) is 0 Å². The molecule has 4 rings (SSSR count). The Bertz CT molecular complexity index is 1750. The van der Waals surface area contributed by atoms with Gasteiger partial charge in [0.25, 0.3) is 5.91 Å². The van der Waals surface area contributed by atoms with Crippen LogP contribution in [0.2, 0.25) is 5.02 Å². The molecule has 0 aliphatic carbocycles. The van der Waals surface area contributed by atoms with E-state index in [4.69, 9.17) is 21.1 Å². The molecule has 0 aromatic heterocycles. The van der Waals surface area contributed by atoms with Crippen molar-refractivity contribution >= 4 is 41.4 Å². The summed E-state index contributed by atoms with van der Waals surface area (Å²) in [6.07, 6.45) is 1.15. The van der Waals surface area contributed by atoms with Crippen molar-refractivity contribution in [3.05, 3.63) is 94.5 Å². The normalized spacial score (nSPS) is 14.5. The van der Waals surface area contributed by atoms with Crippen LogP contribution in [0.4, 0.5) is 4.79 Å². The largest absolute Gasteiger partial charge is 0.483 e. The van der Waals surface area contributed by atoms with Gasteiger partial charge in [-0.05, 0) is 77.6 Å². The summed E-state index contributed by atoms with van der Waals surface area (Å²) in [5.74, 6) is -1.56. The van der Waals surface area contributed by atoms with Crippen molar-refractivity contribution in [2.75, 3.05) is 19.7 Å². The van der Waals surface area contributed by atoms with Crippen molar-refractivity contribution in [1.82, 2.24) is 20.9 Å². The standard InChI is InChI=1S/C41H51ClN4O8/c1-26(2)22-33(44-37(48)25-53-35-9-7-6-8-32(35)41(3,4)5)38(49)45-34(39(50)51)23-27-12-16-31(17-13-27)54-40(52)46-20-18-30(19-21-46)43-36(47)24-28-10-14-29(42)15-11-28/h6-17,26,30,33-34H,18-25H2,1-5H3,(H,43,47)(H,44,48)(H,45,49)(H,50,51)/t33-,34-/m0/s1. The minimum Gasteiger partial charge on any atom is -0.483 e. The van der Waals surface area contributed by atoms with Crippen LogP contribution in [-0.4, -0.2) is 77.6 Å². The zero-order valence-corrected chi connectivity index (χ0v) is 32.3. The first-order valence-corrected chi connectivity index (χ1v) is 18.6. The molecule has 1 saturated heterocycles. The molecule has 0 radical (unpaired) electrons. The molecule has 3 aromatic rings. The Labute approximate surface area is 321 Å². The molecule has 1 heterocycles. The monoisotopic (exact) mass is 762 g/mol. The molecule has 1 aliphatic heterocycles. The smallest absolute Gasteiger partial charge is 0.415 e. The van der Waals surface area contributed by atoms with Gasteiger partial charge in [0.1, 0.15) is 23.6 Å². The molecule has 1 fully saturated rings. The maximum atomic E-state index is 13.3. The van der Waals surface area contributed by atoms with Crippen LogP contribution in [0.15, 0.2) is 72.8 Å². The Morgan fingerprint density at radius 3 is 2.09 bits per heavy atom. The van der Waals surface area contributed by atoms with E-state index in [1.165, 1.54) is 0 Å². The van der Waals surface area contributed by atoms with E-state index in [-0.39, 0.29) is 48.5 Å². The maximum Gasteiger partial charge on any atom is 0.415 e. The third-order valence-electron chi connectivity index (χ3n) is 8.99. The third kappa shape index (κ3) is 13.1. The third-order valence-corrected chi connectivity index (χ3v) is 9.24. The second kappa shape index (κ2) is 19.3. The molecule has 4 amide bonds. The quantitative estimate of drug-likeness (QED) is 0.154. The summed E-state index contributed by atoms with van der Waals surface area (Å²) in [5.41, 5.74) is 2.19. The number of halogens is 1. The molecule has 4 N–H and O–H groups in total. The van der Waals surface area contributed by atoms with Crippen molar-refractivity contribution in [3.8, 4) is 11.5 Å². The van der Waals surface area contributed by atoms with E-state index >= 15 is 0 Å². The Morgan fingerprint density at radius 1 is 0.852 bits per heavy atom. The highest BCUT2D eigenvalue weighted by atomic mass is 35.5. The molecular formula is C41H51ClN4O8. The number of piperidine rings is 1. The van der Waals surface area contributed by atoms with Crippen LogP contribution in [0.25, 0.3) is 0 Å². The first kappa shape index (κ1) is 41.7. The minimum atomic E-state index is -1.28. The van der Waals surface area contributed by atoms with Crippen molar-refractivity contribution in [2.24, 2.45) is 5.92 Å². The van der Waals surface area contributed by atoms with Gasteiger partial charge in [0.15, 0.2) is 6.61 Å². The number of nitrogens with zero attached hydrogens (tertiary/aromatic N) is 1. The van der Waals surface area contributed by atoms with Crippen LogP contribution in [0, 0.1) is 5.92 Å². The van der Waals surface area contributed by atoms with Crippen LogP contribution >= 0.6 is 11.6 Å². The van der Waals surface area contributed by atoms with Gasteiger partial charge in [0, 0.05) is 30.6 Å². The van der Waals surface area contributed by atoms with Gasteiger partial charge in [-0.25, -0.2) is 9.59 Å². The molecule has 0 spiro atoms. The highest BCUT2D eigenvalue weighted by Crippen LogP contribution is 2.31. The second-order valence-corrected chi connectivity index (χ2v) is 15.5. The second-order valence-electron chi connectivity index (χ2n) is 15.0. The van der Waals surface area contributed by atoms with E-state index in [1.54, 1.807) is 47.4 Å². The van der Waals surface area contributed by atoms with E-state index in [9.17, 15) is 29.1 Å². The van der Waals surface area contributed by atoms with E-state index in [2.05, 4.69) is 16.0 Å². The number of hydrogen-bond acceptors (Lipinski definition) is 7. The number of carboxylic acid groups (broad SMARTS) is 1. The Kier molecular flexibility index (Phi) is 14.9. The Balaban J connectivity index is 1.25. The van der Waals surface area contributed by atoms with Crippen molar-refractivity contribution in [3.63, 3.8) is 0 Å². The minimum absolute atomic E-state index is 0.0279. The van der Waals surface area contributed by atoms with Crippen LogP contribution in [0.5, 0.6) is 11.5 Å². The molecule has 1 aliphatic rings. The number of carbonyl (C=O) groups is 5. The SMILES string of the molecule is CC(C)C[C@H](NC(=O)COc1ccccc1C(C)(C)C)C(=O)N[C@@H](Cc1ccc(OC(=O)N2CCC(NC(=O)Cc3ccc(Cl)cc3)CC2)cc1)C(=O)O. The zero-order valence-electron chi connectivity index (χ0n) is 31.5. The highest BCUT2D eigenvalue weighted by Gasteiger charge is 2.29. The summed E-state index contributed by atoms with van der Waals surface area (Å²) in [5, 5.41) is 18.9. The number of carboxylic acids is 1. The van der Waals surface area contributed by atoms with Gasteiger partial charge in [0.2, 0.25) is 11.8 Å². The number of hydrogen-bond donors (Lipinski definition) is 4. The summed E-state index contributed by atoms with van der Waals surface area (Å²) >= 11 is 5.92. The lowest BCUT2D eigenvalue weighted by Gasteiger charge is -2.31. The molecule has 0 bridgehead atoms. The zero-order chi connectivity index (χ0) is 39.4. The Morgan fingerprint density at radius 2 is 1.48 bits per heavy atom. The number of benzene rings is 3. The van der Waals surface area contributed by atoms with Crippen LogP contribution in [-0.2, 0) is 37.4 Å². The van der Waals surface area contributed by atoms with Crippen LogP contribution in [0.1, 0.15) is 70.6 Å². The van der Waals surface area contributed by atoms with E-state index in [0.29, 0.717) is 48.7 Å². The van der Waals surface area contributed by atoms with Gasteiger partial charge in [-0.1, -0.05) is 88.7 Å². The lowest BCUT2D eigenvalue weighted by molar-refractivity contribution is -0.142. The fourth-order valence-electron chi connectivity index (χ4n) is 6.13. The van der Waals surface area contributed by atoms with Crippen molar-refractivity contribution in [1.29, 1.82) is 0 Å². The average molecular weight is 763 g/mol. The van der Waals surface area contributed by atoms with E-state index < -0.39 is 36.0 Å². The summed E-state index contributed by atoms with van der Waals surface area (Å²) in [6.45, 7) is 10.5. The number of aliphatic carboxylic acids is 1. The number of carbonyl (C=O) groups excluding carboxylic acids is 4. The average Bonchev–Trinajstić information content (AvgIpc) is 3.11. The fourth-order valence-corrected chi connectivity index (χ4v) is 6.26. The summed E-state index contributed by atoms with van der Waals surface area (Å²) in [7, 11) is 0. The highest BCUT2D eigenvalue weighted by molar-refractivity contribution is 6.30. The molecular weight excluding hydrogens is 712 g/mol. The van der Waals surface area contributed by atoms with E-state index in [1.807, 2.05) is 65.0 Å². The van der Waals surface area contributed by atoms with Crippen molar-refractivity contribution in [2.45, 2.75) is 90.3 Å². The molecule has 12 nitrogen and oxygen atoms in total. The predicted octanol–water partition coefficient (Wildman–Crippen LogP) is 5.68. The number of ether oxygens (including phenoxy) is 2. The van der Waals surface area contributed by atoms with Gasteiger partial charge in [-0.15, -0.1) is 0 Å². The fraction of sp³-hybridized carbons (Fsp3) is 0.439. The maximum absolute atomic E-state index is 13.3. The first-order chi connectivity index (χ1) is 25.6. The molecule has 2 atom stereocenters. The number of likely N-dealkylation sites (tertiary alicyclic amines) is 1. The molecule has 290 valence electrons. The molecule has 0 unspecified atom stereocenters. The van der Waals surface area contributed by atoms with Crippen molar-refractivity contribution < 1.29 is 38.6 Å².